The maximum atomic E-state index is 13.2. The molecule has 0 saturated heterocycles. The molecule has 0 atom stereocenters. The molecular weight excluding hydrogens is 393 g/mol. The Morgan fingerprint density at radius 1 is 0.968 bits per heavy atom. The number of benzene rings is 2. The molecule has 3 aromatic rings. The van der Waals surface area contributed by atoms with Crippen LogP contribution in [-0.2, 0) is 24.1 Å². The molecule has 0 spiro atoms. The number of Topliss-reactive ketones (excluding diaryl/α,β-unsaturated/α-hetero) is 1. The molecule has 0 amide bonds. The number of carbonyl (C=O) groups excluding carboxylic acids is 2. The van der Waals surface area contributed by atoms with Crippen molar-refractivity contribution in [2.24, 2.45) is 0 Å². The van der Waals surface area contributed by atoms with E-state index in [0.717, 1.165) is 36.2 Å². The number of aromatic nitrogens is 1. The third-order valence-electron chi connectivity index (χ3n) is 6.05. The number of carbonyl (C=O) groups is 2. The maximum absolute atomic E-state index is 13.2. The number of fused-ring (bicyclic) bond motifs is 1. The van der Waals surface area contributed by atoms with E-state index in [0.29, 0.717) is 17.7 Å². The minimum absolute atomic E-state index is 0.232. The van der Waals surface area contributed by atoms with Gasteiger partial charge in [0.2, 0.25) is 5.78 Å². The molecule has 0 bridgehead atoms. The van der Waals surface area contributed by atoms with Crippen molar-refractivity contribution in [2.75, 3.05) is 6.61 Å². The molecule has 0 N–H and O–H groups in total. The van der Waals surface area contributed by atoms with Gasteiger partial charge in [0.05, 0.1) is 5.56 Å². The summed E-state index contributed by atoms with van der Waals surface area (Å²) in [4.78, 5) is 25.2. The fraction of sp³-hybridized carbons (Fsp3) is 0.308. The van der Waals surface area contributed by atoms with Crippen LogP contribution in [0, 0.1) is 19.7 Å². The summed E-state index contributed by atoms with van der Waals surface area (Å²) in [5.41, 5.74) is 6.21. The van der Waals surface area contributed by atoms with Crippen LogP contribution in [0.25, 0.3) is 0 Å². The van der Waals surface area contributed by atoms with Gasteiger partial charge in [0.25, 0.3) is 0 Å². The van der Waals surface area contributed by atoms with Crippen LogP contribution in [0.3, 0.4) is 0 Å². The van der Waals surface area contributed by atoms with Crippen molar-refractivity contribution in [3.8, 4) is 0 Å². The normalized spacial score (nSPS) is 13.0. The summed E-state index contributed by atoms with van der Waals surface area (Å²) < 4.78 is 20.5. The van der Waals surface area contributed by atoms with E-state index in [1.165, 1.54) is 29.7 Å². The van der Waals surface area contributed by atoms with Gasteiger partial charge in [0, 0.05) is 23.5 Å². The highest BCUT2D eigenvalue weighted by atomic mass is 19.1. The molecule has 1 aliphatic rings. The summed E-state index contributed by atoms with van der Waals surface area (Å²) in [5, 5.41) is 0. The first kappa shape index (κ1) is 21.0. The summed E-state index contributed by atoms with van der Waals surface area (Å²) >= 11 is 0. The lowest BCUT2D eigenvalue weighted by Crippen LogP contribution is -2.16. The number of rotatable bonds is 6. The molecule has 160 valence electrons. The molecule has 31 heavy (non-hydrogen) atoms. The Hall–Kier alpha value is -3.21. The van der Waals surface area contributed by atoms with Gasteiger partial charge in [-0.05, 0) is 86.6 Å². The van der Waals surface area contributed by atoms with Gasteiger partial charge in [0.1, 0.15) is 5.82 Å². The Morgan fingerprint density at radius 3 is 2.42 bits per heavy atom. The first-order valence-electron chi connectivity index (χ1n) is 10.7. The predicted molar refractivity (Wildman–Crippen MR) is 117 cm³/mol. The average molecular weight is 419 g/mol. The molecule has 1 heterocycles. The molecular formula is C26H26FNO3. The van der Waals surface area contributed by atoms with Crippen LogP contribution >= 0.6 is 0 Å². The number of esters is 1. The van der Waals surface area contributed by atoms with Crippen LogP contribution in [-0.4, -0.2) is 22.9 Å². The first-order chi connectivity index (χ1) is 14.9. The molecule has 2 aromatic carbocycles. The molecule has 4 rings (SSSR count). The number of ether oxygens (including phenoxy) is 1. The molecule has 5 heteroatoms. The molecule has 1 aromatic heterocycles. The van der Waals surface area contributed by atoms with Crippen LogP contribution in [0.5, 0.6) is 0 Å². The zero-order valence-electron chi connectivity index (χ0n) is 17.9. The van der Waals surface area contributed by atoms with Gasteiger partial charge in [-0.2, -0.15) is 0 Å². The quantitative estimate of drug-likeness (QED) is 0.407. The van der Waals surface area contributed by atoms with Crippen LogP contribution in [0.15, 0.2) is 48.5 Å². The Bertz CT molecular complexity index is 1130. The molecule has 0 fully saturated rings. The lowest BCUT2D eigenvalue weighted by atomic mass is 9.90. The molecule has 1 aliphatic carbocycles. The monoisotopic (exact) mass is 419 g/mol. The highest BCUT2D eigenvalue weighted by Gasteiger charge is 2.19. The molecule has 0 aliphatic heterocycles. The number of halogens is 1. The zero-order chi connectivity index (χ0) is 22.0. The van der Waals surface area contributed by atoms with Crippen molar-refractivity contribution in [3.05, 3.63) is 93.6 Å². The standard InChI is InChI=1S/C26H26FNO3/c1-17-13-24(18(2)28(17)15-19-7-11-23(27)12-8-19)25(29)16-31-26(30)22-10-9-20-5-3-4-6-21(20)14-22/h7-14H,3-6,15-16H2,1-2H3. The minimum Gasteiger partial charge on any atom is -0.454 e. The van der Waals surface area contributed by atoms with E-state index in [9.17, 15) is 14.0 Å². The number of nitrogens with zero attached hydrogens (tertiary/aromatic N) is 1. The maximum Gasteiger partial charge on any atom is 0.338 e. The second kappa shape index (κ2) is 8.88. The molecule has 4 nitrogen and oxygen atoms in total. The number of hydrogen-bond acceptors (Lipinski definition) is 3. The summed E-state index contributed by atoms with van der Waals surface area (Å²) in [6.45, 7) is 4.04. The van der Waals surface area contributed by atoms with Gasteiger partial charge in [-0.1, -0.05) is 18.2 Å². The van der Waals surface area contributed by atoms with Crippen molar-refractivity contribution in [1.29, 1.82) is 0 Å². The SMILES string of the molecule is Cc1cc(C(=O)COC(=O)c2ccc3c(c2)CCCC3)c(C)n1Cc1ccc(F)cc1. The molecule has 0 radical (unpaired) electrons. The summed E-state index contributed by atoms with van der Waals surface area (Å²) in [6, 6.07) is 13.8. The van der Waals surface area contributed by atoms with E-state index >= 15 is 0 Å². The van der Waals surface area contributed by atoms with Gasteiger partial charge in [-0.25, -0.2) is 9.18 Å². The highest BCUT2D eigenvalue weighted by molar-refractivity contribution is 6.00. The van der Waals surface area contributed by atoms with E-state index in [1.54, 1.807) is 18.2 Å². The number of ketones is 1. The predicted octanol–water partition coefficient (Wildman–Crippen LogP) is 5.21. The van der Waals surface area contributed by atoms with Crippen molar-refractivity contribution in [2.45, 2.75) is 46.1 Å². The van der Waals surface area contributed by atoms with Gasteiger partial charge in [-0.3, -0.25) is 4.79 Å². The van der Waals surface area contributed by atoms with Gasteiger partial charge < -0.3 is 9.30 Å². The van der Waals surface area contributed by atoms with E-state index in [1.807, 2.05) is 36.6 Å². The lowest BCUT2D eigenvalue weighted by Gasteiger charge is -2.16. The van der Waals surface area contributed by atoms with E-state index < -0.39 is 5.97 Å². The fourth-order valence-electron chi connectivity index (χ4n) is 4.25. The topological polar surface area (TPSA) is 48.3 Å². The van der Waals surface area contributed by atoms with Crippen molar-refractivity contribution in [1.82, 2.24) is 4.57 Å². The van der Waals surface area contributed by atoms with Crippen molar-refractivity contribution in [3.63, 3.8) is 0 Å². The first-order valence-corrected chi connectivity index (χ1v) is 10.7. The smallest absolute Gasteiger partial charge is 0.338 e. The second-order valence-corrected chi connectivity index (χ2v) is 8.19. The Morgan fingerprint density at radius 2 is 1.68 bits per heavy atom. The number of hydrogen-bond donors (Lipinski definition) is 0. The van der Waals surface area contributed by atoms with Crippen LogP contribution in [0.4, 0.5) is 4.39 Å². The largest absolute Gasteiger partial charge is 0.454 e. The van der Waals surface area contributed by atoms with E-state index in [4.69, 9.17) is 4.74 Å². The van der Waals surface area contributed by atoms with E-state index in [2.05, 4.69) is 0 Å². The van der Waals surface area contributed by atoms with Gasteiger partial charge >= 0.3 is 5.97 Å². The summed E-state index contributed by atoms with van der Waals surface area (Å²) in [7, 11) is 0. The third kappa shape index (κ3) is 4.61. The molecule has 0 unspecified atom stereocenters. The van der Waals surface area contributed by atoms with Crippen molar-refractivity contribution < 1.29 is 18.7 Å². The lowest BCUT2D eigenvalue weighted by molar-refractivity contribution is 0.0474. The average Bonchev–Trinajstić information content (AvgIpc) is 3.06. The Balaban J connectivity index is 1.43. The Labute approximate surface area is 181 Å². The van der Waals surface area contributed by atoms with Crippen LogP contribution in [0.1, 0.15) is 61.6 Å². The zero-order valence-corrected chi connectivity index (χ0v) is 17.9. The fourth-order valence-corrected chi connectivity index (χ4v) is 4.25. The summed E-state index contributed by atoms with van der Waals surface area (Å²) in [6.07, 6.45) is 4.36. The van der Waals surface area contributed by atoms with Crippen LogP contribution in [0.2, 0.25) is 0 Å². The summed E-state index contributed by atoms with van der Waals surface area (Å²) in [5.74, 6) is -0.979. The van der Waals surface area contributed by atoms with E-state index in [-0.39, 0.29) is 18.2 Å². The van der Waals surface area contributed by atoms with Crippen LogP contribution < -0.4 is 0 Å². The van der Waals surface area contributed by atoms with Gasteiger partial charge in [-0.15, -0.1) is 0 Å². The highest BCUT2D eigenvalue weighted by Crippen LogP contribution is 2.23. The molecule has 0 saturated carbocycles. The Kier molecular flexibility index (Phi) is 6.03. The minimum atomic E-state index is -0.471. The second-order valence-electron chi connectivity index (χ2n) is 8.19. The van der Waals surface area contributed by atoms with Gasteiger partial charge in [0.15, 0.2) is 6.61 Å². The third-order valence-corrected chi connectivity index (χ3v) is 6.05. The van der Waals surface area contributed by atoms with Crippen molar-refractivity contribution >= 4 is 11.8 Å². The number of aryl methyl sites for hydroxylation is 3.